The fraction of sp³-hybridized carbons (Fsp3) is 0.938. The van der Waals surface area contributed by atoms with Gasteiger partial charge in [-0.25, -0.2) is 0 Å². The first-order valence-corrected chi connectivity index (χ1v) is 9.13. The second kappa shape index (κ2) is 14.4. The monoisotopic (exact) mass is 334 g/mol. The molecule has 1 unspecified atom stereocenters. The van der Waals surface area contributed by atoms with Crippen molar-refractivity contribution in [2.75, 3.05) is 5.33 Å². The maximum absolute atomic E-state index is 11.2. The Labute approximate surface area is 127 Å². The molecule has 19 heavy (non-hydrogen) atoms. The van der Waals surface area contributed by atoms with Gasteiger partial charge in [0.2, 0.25) is 0 Å². The number of hydrogen-bond donors (Lipinski definition) is 1. The van der Waals surface area contributed by atoms with Gasteiger partial charge in [0.15, 0.2) is 0 Å². The molecule has 0 spiro atoms. The van der Waals surface area contributed by atoms with E-state index in [-0.39, 0.29) is 5.92 Å². The molecule has 0 heterocycles. The zero-order valence-corrected chi connectivity index (χ0v) is 14.1. The Bertz CT molecular complexity index is 207. The Kier molecular flexibility index (Phi) is 14.3. The second-order valence-electron chi connectivity index (χ2n) is 5.48. The lowest BCUT2D eigenvalue weighted by atomic mass is 9.94. The van der Waals surface area contributed by atoms with Crippen molar-refractivity contribution in [2.24, 2.45) is 5.92 Å². The smallest absolute Gasteiger partial charge is 0.306 e. The van der Waals surface area contributed by atoms with Gasteiger partial charge < -0.3 is 5.11 Å². The number of carbonyl (C=O) groups is 1. The molecule has 0 radical (unpaired) electrons. The van der Waals surface area contributed by atoms with Crippen LogP contribution in [0.2, 0.25) is 0 Å². The Balaban J connectivity index is 3.54. The van der Waals surface area contributed by atoms with Gasteiger partial charge in [0.05, 0.1) is 5.92 Å². The van der Waals surface area contributed by atoms with Gasteiger partial charge in [-0.1, -0.05) is 80.6 Å². The Hall–Kier alpha value is -0.0500. The normalized spacial score (nSPS) is 12.5. The molecule has 0 aliphatic rings. The molecule has 2 nitrogen and oxygen atoms in total. The minimum absolute atomic E-state index is 0.102. The lowest BCUT2D eigenvalue weighted by Gasteiger charge is -2.12. The summed E-state index contributed by atoms with van der Waals surface area (Å²) in [6.07, 6.45) is 13.9. The Morgan fingerprint density at radius 3 is 1.84 bits per heavy atom. The Morgan fingerprint density at radius 2 is 1.37 bits per heavy atom. The van der Waals surface area contributed by atoms with Crippen molar-refractivity contribution < 1.29 is 9.90 Å². The van der Waals surface area contributed by atoms with Crippen molar-refractivity contribution in [2.45, 2.75) is 84.0 Å². The summed E-state index contributed by atoms with van der Waals surface area (Å²) in [7, 11) is 0. The summed E-state index contributed by atoms with van der Waals surface area (Å²) in [5.41, 5.74) is 0. The third kappa shape index (κ3) is 12.7. The van der Waals surface area contributed by atoms with E-state index in [4.69, 9.17) is 0 Å². The van der Waals surface area contributed by atoms with Crippen molar-refractivity contribution in [1.82, 2.24) is 0 Å². The van der Waals surface area contributed by atoms with Crippen LogP contribution in [0.25, 0.3) is 0 Å². The average Bonchev–Trinajstić information content (AvgIpc) is 2.39. The second-order valence-corrected chi connectivity index (χ2v) is 6.28. The molecule has 0 aromatic heterocycles. The predicted molar refractivity (Wildman–Crippen MR) is 86.0 cm³/mol. The summed E-state index contributed by atoms with van der Waals surface area (Å²) in [5, 5.41) is 10.3. The molecule has 3 heteroatoms. The molecule has 0 aliphatic carbocycles. The highest BCUT2D eigenvalue weighted by Gasteiger charge is 2.16. The summed E-state index contributed by atoms with van der Waals surface area (Å²) in [6.45, 7) is 2.22. The molecule has 0 bridgehead atoms. The molecular weight excluding hydrogens is 304 g/mol. The molecule has 0 aromatic carbocycles. The number of aliphatic carboxylic acids is 1. The van der Waals surface area contributed by atoms with E-state index in [2.05, 4.69) is 22.9 Å². The van der Waals surface area contributed by atoms with E-state index < -0.39 is 5.97 Å². The number of rotatable bonds is 14. The van der Waals surface area contributed by atoms with Crippen molar-refractivity contribution in [3.05, 3.63) is 0 Å². The fourth-order valence-electron chi connectivity index (χ4n) is 2.40. The molecule has 114 valence electrons. The van der Waals surface area contributed by atoms with E-state index in [1.807, 2.05) is 0 Å². The highest BCUT2D eigenvalue weighted by Crippen LogP contribution is 2.19. The summed E-state index contributed by atoms with van der Waals surface area (Å²) in [5.74, 6) is -0.691. The molecule has 1 N–H and O–H groups in total. The zero-order valence-electron chi connectivity index (χ0n) is 12.5. The number of halogens is 1. The summed E-state index contributed by atoms with van der Waals surface area (Å²) < 4.78 is 0. The van der Waals surface area contributed by atoms with Gasteiger partial charge in [0.1, 0.15) is 0 Å². The third-order valence-corrected chi connectivity index (χ3v) is 4.25. The van der Waals surface area contributed by atoms with Gasteiger partial charge in [0, 0.05) is 5.33 Å². The van der Waals surface area contributed by atoms with E-state index in [1.54, 1.807) is 0 Å². The van der Waals surface area contributed by atoms with Crippen LogP contribution in [0.5, 0.6) is 0 Å². The van der Waals surface area contributed by atoms with Gasteiger partial charge in [0.25, 0.3) is 0 Å². The molecule has 0 aliphatic heterocycles. The minimum Gasteiger partial charge on any atom is -0.481 e. The maximum atomic E-state index is 11.2. The lowest BCUT2D eigenvalue weighted by Crippen LogP contribution is -2.13. The minimum atomic E-state index is -0.589. The predicted octanol–water partition coefficient (Wildman–Crippen LogP) is 5.78. The van der Waals surface area contributed by atoms with Crippen LogP contribution in [0.1, 0.15) is 84.0 Å². The average molecular weight is 335 g/mol. The molecule has 0 aromatic rings. The topological polar surface area (TPSA) is 37.3 Å². The molecule has 0 saturated heterocycles. The van der Waals surface area contributed by atoms with Crippen LogP contribution in [0.15, 0.2) is 0 Å². The number of unbranched alkanes of at least 4 members (excludes halogenated alkanes) is 8. The molecular formula is C16H31BrO2. The summed E-state index contributed by atoms with van der Waals surface area (Å²) >= 11 is 3.42. The van der Waals surface area contributed by atoms with E-state index in [0.717, 1.165) is 31.0 Å². The summed E-state index contributed by atoms with van der Waals surface area (Å²) in [4.78, 5) is 11.2. The van der Waals surface area contributed by atoms with Crippen LogP contribution in [0.3, 0.4) is 0 Å². The first-order chi connectivity index (χ1) is 9.22. The SMILES string of the molecule is CCCCCCCCC(CCCCCCBr)C(=O)O. The molecule has 1 atom stereocenters. The van der Waals surface area contributed by atoms with Gasteiger partial charge in [-0.15, -0.1) is 0 Å². The van der Waals surface area contributed by atoms with Crippen LogP contribution in [-0.2, 0) is 4.79 Å². The van der Waals surface area contributed by atoms with E-state index in [1.165, 1.54) is 51.4 Å². The third-order valence-electron chi connectivity index (χ3n) is 3.69. The van der Waals surface area contributed by atoms with Crippen molar-refractivity contribution in [3.8, 4) is 0 Å². The maximum Gasteiger partial charge on any atom is 0.306 e. The quantitative estimate of drug-likeness (QED) is 0.322. The first-order valence-electron chi connectivity index (χ1n) is 8.01. The van der Waals surface area contributed by atoms with Gasteiger partial charge >= 0.3 is 5.97 Å². The van der Waals surface area contributed by atoms with Gasteiger partial charge in [-0.3, -0.25) is 4.79 Å². The number of alkyl halides is 1. The van der Waals surface area contributed by atoms with Crippen LogP contribution in [-0.4, -0.2) is 16.4 Å². The zero-order chi connectivity index (χ0) is 14.3. The van der Waals surface area contributed by atoms with E-state index in [9.17, 15) is 9.90 Å². The van der Waals surface area contributed by atoms with Crippen molar-refractivity contribution in [1.29, 1.82) is 0 Å². The van der Waals surface area contributed by atoms with Gasteiger partial charge in [-0.2, -0.15) is 0 Å². The standard InChI is InChI=1S/C16H31BrO2/c1-2-3-4-5-6-9-12-15(16(18)19)13-10-7-8-11-14-17/h15H,2-14H2,1H3,(H,18,19). The van der Waals surface area contributed by atoms with Crippen molar-refractivity contribution in [3.63, 3.8) is 0 Å². The fourth-order valence-corrected chi connectivity index (χ4v) is 2.80. The van der Waals surface area contributed by atoms with Gasteiger partial charge in [-0.05, 0) is 19.3 Å². The van der Waals surface area contributed by atoms with Crippen LogP contribution < -0.4 is 0 Å². The van der Waals surface area contributed by atoms with E-state index in [0.29, 0.717) is 0 Å². The molecule has 0 amide bonds. The number of hydrogen-bond acceptors (Lipinski definition) is 1. The lowest BCUT2D eigenvalue weighted by molar-refractivity contribution is -0.142. The summed E-state index contributed by atoms with van der Waals surface area (Å²) in [6, 6.07) is 0. The first kappa shape index (κ1) is 18.9. The molecule has 0 rings (SSSR count). The highest BCUT2D eigenvalue weighted by atomic mass is 79.9. The van der Waals surface area contributed by atoms with Crippen LogP contribution in [0, 0.1) is 5.92 Å². The van der Waals surface area contributed by atoms with E-state index >= 15 is 0 Å². The largest absolute Gasteiger partial charge is 0.481 e. The number of carboxylic acid groups (broad SMARTS) is 1. The number of carboxylic acids is 1. The van der Waals surface area contributed by atoms with Crippen molar-refractivity contribution >= 4 is 21.9 Å². The van der Waals surface area contributed by atoms with Crippen LogP contribution in [0.4, 0.5) is 0 Å². The molecule has 0 saturated carbocycles. The molecule has 0 fully saturated rings. The Morgan fingerprint density at radius 1 is 0.895 bits per heavy atom. The van der Waals surface area contributed by atoms with Crippen LogP contribution >= 0.6 is 15.9 Å². The highest BCUT2D eigenvalue weighted by molar-refractivity contribution is 9.09.